The van der Waals surface area contributed by atoms with Gasteiger partial charge in [0.2, 0.25) is 0 Å². The van der Waals surface area contributed by atoms with Gasteiger partial charge in [-0.3, -0.25) is 9.67 Å². The second kappa shape index (κ2) is 7.83. The molecule has 25 heavy (non-hydrogen) atoms. The predicted molar refractivity (Wildman–Crippen MR) is 91.3 cm³/mol. The van der Waals surface area contributed by atoms with Crippen LogP contribution in [0.2, 0.25) is 0 Å². The third-order valence-electron chi connectivity index (χ3n) is 3.76. The maximum Gasteiger partial charge on any atom is 0.333 e. The van der Waals surface area contributed by atoms with Crippen LogP contribution in [-0.4, -0.2) is 38.3 Å². The van der Waals surface area contributed by atoms with Gasteiger partial charge in [-0.15, -0.1) is 0 Å². The van der Waals surface area contributed by atoms with E-state index in [-0.39, 0.29) is 6.04 Å². The van der Waals surface area contributed by atoms with Crippen LogP contribution in [0.5, 0.6) is 0 Å². The van der Waals surface area contributed by atoms with E-state index in [1.165, 1.54) is 12.3 Å². The highest BCUT2D eigenvalue weighted by Gasteiger charge is 2.19. The van der Waals surface area contributed by atoms with E-state index in [4.69, 9.17) is 4.74 Å². The minimum absolute atomic E-state index is 0.162. The summed E-state index contributed by atoms with van der Waals surface area (Å²) in [5.41, 5.74) is 1.70. The van der Waals surface area contributed by atoms with E-state index < -0.39 is 6.55 Å². The molecule has 3 aromatic rings. The molecule has 0 amide bonds. The van der Waals surface area contributed by atoms with Crippen LogP contribution in [0.3, 0.4) is 0 Å². The van der Waals surface area contributed by atoms with Crippen molar-refractivity contribution in [2.75, 3.05) is 13.7 Å². The van der Waals surface area contributed by atoms with Crippen LogP contribution >= 0.6 is 15.9 Å². The molecule has 1 unspecified atom stereocenters. The van der Waals surface area contributed by atoms with Gasteiger partial charge in [0.1, 0.15) is 0 Å². The zero-order valence-corrected chi connectivity index (χ0v) is 15.0. The van der Waals surface area contributed by atoms with E-state index in [2.05, 4.69) is 31.1 Å². The highest BCUT2D eigenvalue weighted by atomic mass is 79.9. The van der Waals surface area contributed by atoms with E-state index in [0.29, 0.717) is 29.0 Å². The van der Waals surface area contributed by atoms with Crippen LogP contribution in [0.15, 0.2) is 47.5 Å². The van der Waals surface area contributed by atoms with Crippen molar-refractivity contribution in [3.05, 3.63) is 53.2 Å². The smallest absolute Gasteiger partial charge is 0.333 e. The molecule has 0 aliphatic heterocycles. The molecule has 0 spiro atoms. The van der Waals surface area contributed by atoms with Gasteiger partial charge in [-0.25, -0.2) is 4.68 Å². The second-order valence-electron chi connectivity index (χ2n) is 5.35. The lowest BCUT2D eigenvalue weighted by atomic mass is 10.1. The molecule has 9 heteroatoms. The molecule has 0 saturated heterocycles. The SMILES string of the molecule is COCCC(c1ccc(Br)cn1)n1cc(-c2ccnn2C(F)F)cn1. The molecule has 1 atom stereocenters. The Labute approximate surface area is 151 Å². The van der Waals surface area contributed by atoms with Crippen molar-refractivity contribution in [3.63, 3.8) is 0 Å². The molecule has 0 radical (unpaired) electrons. The first-order chi connectivity index (χ1) is 12.1. The fourth-order valence-corrected chi connectivity index (χ4v) is 2.80. The summed E-state index contributed by atoms with van der Waals surface area (Å²) in [4.78, 5) is 4.42. The van der Waals surface area contributed by atoms with Gasteiger partial charge < -0.3 is 4.74 Å². The molecule has 0 bridgehead atoms. The summed E-state index contributed by atoms with van der Waals surface area (Å²) < 4.78 is 34.5. The van der Waals surface area contributed by atoms with Gasteiger partial charge in [-0.1, -0.05) is 0 Å². The molecule has 132 valence electrons. The maximum absolute atomic E-state index is 13.0. The summed E-state index contributed by atoms with van der Waals surface area (Å²) in [5, 5.41) is 8.00. The van der Waals surface area contributed by atoms with Gasteiger partial charge in [-0.05, 0) is 40.5 Å². The first-order valence-electron chi connectivity index (χ1n) is 7.56. The molecule has 3 rings (SSSR count). The fraction of sp³-hybridized carbons (Fsp3) is 0.312. The Bertz CT molecular complexity index is 818. The summed E-state index contributed by atoms with van der Waals surface area (Å²) in [6.45, 7) is -2.18. The van der Waals surface area contributed by atoms with Crippen LogP contribution in [-0.2, 0) is 4.74 Å². The Morgan fingerprint density at radius 3 is 2.72 bits per heavy atom. The van der Waals surface area contributed by atoms with Crippen LogP contribution in [0.1, 0.15) is 24.7 Å². The molecule has 0 aliphatic rings. The lowest BCUT2D eigenvalue weighted by Crippen LogP contribution is -2.15. The molecule has 6 nitrogen and oxygen atoms in total. The highest BCUT2D eigenvalue weighted by Crippen LogP contribution is 2.27. The average Bonchev–Trinajstić information content (AvgIpc) is 3.25. The first-order valence-corrected chi connectivity index (χ1v) is 8.36. The Morgan fingerprint density at radius 2 is 2.04 bits per heavy atom. The van der Waals surface area contributed by atoms with Crippen molar-refractivity contribution in [1.29, 1.82) is 0 Å². The van der Waals surface area contributed by atoms with Crippen LogP contribution in [0.4, 0.5) is 8.78 Å². The van der Waals surface area contributed by atoms with Crippen molar-refractivity contribution in [3.8, 4) is 11.3 Å². The summed E-state index contributed by atoms with van der Waals surface area (Å²) >= 11 is 3.36. The maximum atomic E-state index is 13.0. The number of methoxy groups -OCH3 is 1. The monoisotopic (exact) mass is 411 g/mol. The fourth-order valence-electron chi connectivity index (χ4n) is 2.57. The summed E-state index contributed by atoms with van der Waals surface area (Å²) in [7, 11) is 1.63. The van der Waals surface area contributed by atoms with Crippen LogP contribution in [0, 0.1) is 0 Å². The Morgan fingerprint density at radius 1 is 1.20 bits per heavy atom. The van der Waals surface area contributed by atoms with E-state index in [0.717, 1.165) is 10.2 Å². The van der Waals surface area contributed by atoms with E-state index in [1.807, 2.05) is 12.1 Å². The number of aromatic nitrogens is 5. The normalized spacial score (nSPS) is 12.7. The number of pyridine rings is 1. The molecule has 0 saturated carbocycles. The molecule has 0 N–H and O–H groups in total. The molecule has 0 aromatic carbocycles. The minimum Gasteiger partial charge on any atom is -0.385 e. The topological polar surface area (TPSA) is 57.8 Å². The Hall–Kier alpha value is -2.13. The number of halogens is 3. The quantitative estimate of drug-likeness (QED) is 0.590. The zero-order valence-electron chi connectivity index (χ0n) is 13.4. The molecule has 3 aromatic heterocycles. The number of rotatable bonds is 7. The van der Waals surface area contributed by atoms with Crippen LogP contribution in [0.25, 0.3) is 11.3 Å². The van der Waals surface area contributed by atoms with E-state index in [9.17, 15) is 8.78 Å². The first kappa shape index (κ1) is 17.7. The number of hydrogen-bond donors (Lipinski definition) is 0. The van der Waals surface area contributed by atoms with Crippen molar-refractivity contribution < 1.29 is 13.5 Å². The summed E-state index contributed by atoms with van der Waals surface area (Å²) in [6, 6.07) is 5.17. The van der Waals surface area contributed by atoms with Gasteiger partial charge in [0.15, 0.2) is 0 Å². The van der Waals surface area contributed by atoms with Gasteiger partial charge >= 0.3 is 6.55 Å². The molecular weight excluding hydrogens is 396 g/mol. The van der Waals surface area contributed by atoms with Gasteiger partial charge in [-0.2, -0.15) is 19.0 Å². The highest BCUT2D eigenvalue weighted by molar-refractivity contribution is 9.10. The van der Waals surface area contributed by atoms with E-state index in [1.54, 1.807) is 30.4 Å². The lowest BCUT2D eigenvalue weighted by molar-refractivity contribution is 0.0585. The van der Waals surface area contributed by atoms with Crippen molar-refractivity contribution >= 4 is 15.9 Å². The van der Waals surface area contributed by atoms with E-state index >= 15 is 0 Å². The molecule has 3 heterocycles. The second-order valence-corrected chi connectivity index (χ2v) is 6.26. The van der Waals surface area contributed by atoms with Crippen LogP contribution < -0.4 is 0 Å². The number of ether oxygens (including phenoxy) is 1. The third-order valence-corrected chi connectivity index (χ3v) is 4.23. The Balaban J connectivity index is 1.93. The standard InChI is InChI=1S/C16H16BrF2N5O/c1-25-7-5-15(13-3-2-12(17)9-20-13)23-10-11(8-22-23)14-4-6-21-24(14)16(18)19/h2-4,6,8-10,15-16H,5,7H2,1H3. The number of alkyl halides is 2. The number of nitrogens with zero attached hydrogens (tertiary/aromatic N) is 5. The van der Waals surface area contributed by atoms with Gasteiger partial charge in [0.05, 0.1) is 23.6 Å². The summed E-state index contributed by atoms with van der Waals surface area (Å²) in [6.07, 6.45) is 6.98. The molecule has 0 aliphatic carbocycles. The summed E-state index contributed by atoms with van der Waals surface area (Å²) in [5.74, 6) is 0. The lowest BCUT2D eigenvalue weighted by Gasteiger charge is -2.17. The van der Waals surface area contributed by atoms with Crippen molar-refractivity contribution in [2.45, 2.75) is 19.0 Å². The largest absolute Gasteiger partial charge is 0.385 e. The van der Waals surface area contributed by atoms with Gasteiger partial charge in [0, 0.05) is 42.3 Å². The zero-order chi connectivity index (χ0) is 17.8. The Kier molecular flexibility index (Phi) is 5.54. The predicted octanol–water partition coefficient (Wildman–Crippen LogP) is 3.93. The number of hydrogen-bond acceptors (Lipinski definition) is 4. The van der Waals surface area contributed by atoms with Crippen molar-refractivity contribution in [2.24, 2.45) is 0 Å². The van der Waals surface area contributed by atoms with Crippen molar-refractivity contribution in [1.82, 2.24) is 24.5 Å². The third kappa shape index (κ3) is 3.93. The molecule has 0 fully saturated rings. The minimum atomic E-state index is -2.70. The average molecular weight is 412 g/mol. The molecular formula is C16H16BrF2N5O. The van der Waals surface area contributed by atoms with Gasteiger partial charge in [0.25, 0.3) is 0 Å².